The molecular formula is C26H29NO9. The summed E-state index contributed by atoms with van der Waals surface area (Å²) in [5.74, 6) is -3.10. The number of likely N-dealkylation sites (N-methyl/N-ethyl adjacent to an activating group) is 1. The molecule has 1 aromatic carbocycles. The van der Waals surface area contributed by atoms with Crippen molar-refractivity contribution in [3.8, 4) is 5.75 Å². The average Bonchev–Trinajstić information content (AvgIpc) is 3.18. The van der Waals surface area contributed by atoms with Crippen LogP contribution in [-0.4, -0.2) is 76.8 Å². The van der Waals surface area contributed by atoms with E-state index in [2.05, 4.69) is 4.90 Å². The normalized spacial score (nSPS) is 30.5. The first-order chi connectivity index (χ1) is 17.0. The molecule has 36 heavy (non-hydrogen) atoms. The number of carboxylic acids is 1. The van der Waals surface area contributed by atoms with Gasteiger partial charge >= 0.3 is 17.9 Å². The van der Waals surface area contributed by atoms with Gasteiger partial charge in [0.05, 0.1) is 28.9 Å². The summed E-state index contributed by atoms with van der Waals surface area (Å²) in [4.78, 5) is 50.3. The van der Waals surface area contributed by atoms with Crippen molar-refractivity contribution in [3.63, 3.8) is 0 Å². The molecule has 0 amide bonds. The highest BCUT2D eigenvalue weighted by molar-refractivity contribution is 5.85. The Morgan fingerprint density at radius 1 is 1.31 bits per heavy atom. The Morgan fingerprint density at radius 2 is 2.06 bits per heavy atom. The maximum absolute atomic E-state index is 12.8. The molecule has 1 saturated heterocycles. The van der Waals surface area contributed by atoms with Crippen LogP contribution in [0.2, 0.25) is 0 Å². The molecule has 10 heteroatoms. The third-order valence-electron chi connectivity index (χ3n) is 8.12. The zero-order chi connectivity index (χ0) is 26.0. The van der Waals surface area contributed by atoms with Crippen molar-refractivity contribution in [1.82, 2.24) is 4.90 Å². The second-order valence-electron chi connectivity index (χ2n) is 10.4. The summed E-state index contributed by atoms with van der Waals surface area (Å²) in [5.41, 5.74) is -0.00320. The van der Waals surface area contributed by atoms with Gasteiger partial charge in [0.1, 0.15) is 11.5 Å². The van der Waals surface area contributed by atoms with Crippen LogP contribution in [0.3, 0.4) is 0 Å². The van der Waals surface area contributed by atoms with E-state index in [4.69, 9.17) is 14.2 Å². The van der Waals surface area contributed by atoms with Crippen LogP contribution in [0.5, 0.6) is 5.75 Å². The molecule has 0 saturated carbocycles. The van der Waals surface area contributed by atoms with Gasteiger partial charge in [0.2, 0.25) is 6.10 Å². The first-order valence-electron chi connectivity index (χ1n) is 12.1. The summed E-state index contributed by atoms with van der Waals surface area (Å²) < 4.78 is 16.9. The molecule has 0 radical (unpaired) electrons. The number of carbonyl (C=O) groups excluding carboxylic acids is 3. The van der Waals surface area contributed by atoms with Gasteiger partial charge in [-0.25, -0.2) is 4.79 Å². The highest BCUT2D eigenvalue weighted by Crippen LogP contribution is 2.64. The minimum absolute atomic E-state index is 0.160. The zero-order valence-electron chi connectivity index (χ0n) is 20.4. The van der Waals surface area contributed by atoms with Crippen molar-refractivity contribution >= 4 is 24.2 Å². The monoisotopic (exact) mass is 499 g/mol. The largest absolute Gasteiger partial charge is 0.480 e. The number of carboxylic acid groups (broad SMARTS) is 1. The molecule has 4 aliphatic rings. The summed E-state index contributed by atoms with van der Waals surface area (Å²) in [6.07, 6.45) is 0.383. The van der Waals surface area contributed by atoms with E-state index < -0.39 is 53.5 Å². The van der Waals surface area contributed by atoms with Gasteiger partial charge in [0, 0.05) is 18.0 Å². The molecule has 2 aliphatic heterocycles. The van der Waals surface area contributed by atoms with E-state index in [9.17, 15) is 29.4 Å². The SMILES string of the molecule is CC(C)C(=O)O[C@@H](CC(=O)OC1=CC[C@@]2(O)[C@H]3Cc4ccc(C=O)c5c4[C@@]2(CCN3C)[C@H]1O5)C(=O)O. The molecule has 2 N–H and O–H groups in total. The lowest BCUT2D eigenvalue weighted by Crippen LogP contribution is -2.74. The van der Waals surface area contributed by atoms with Gasteiger partial charge < -0.3 is 29.3 Å². The molecule has 192 valence electrons. The Bertz CT molecular complexity index is 1190. The number of likely N-dealkylation sites (tertiary alicyclic amines) is 1. The molecule has 5 rings (SSSR count). The highest BCUT2D eigenvalue weighted by Gasteiger charge is 2.71. The Kier molecular flexibility index (Phi) is 5.72. The number of hydrogen-bond acceptors (Lipinski definition) is 9. The molecular weight excluding hydrogens is 470 g/mol. The minimum atomic E-state index is -1.69. The van der Waals surface area contributed by atoms with Crippen LogP contribution >= 0.6 is 0 Å². The molecule has 2 aliphatic carbocycles. The predicted molar refractivity (Wildman–Crippen MR) is 123 cm³/mol. The molecule has 0 unspecified atom stereocenters. The summed E-state index contributed by atoms with van der Waals surface area (Å²) in [7, 11) is 1.97. The number of hydrogen-bond donors (Lipinski definition) is 2. The number of piperidine rings is 1. The third-order valence-corrected chi connectivity index (χ3v) is 8.12. The first kappa shape index (κ1) is 24.5. The topological polar surface area (TPSA) is 140 Å². The molecule has 10 nitrogen and oxygen atoms in total. The van der Waals surface area contributed by atoms with E-state index in [1.54, 1.807) is 26.0 Å². The van der Waals surface area contributed by atoms with Crippen LogP contribution in [0.15, 0.2) is 24.0 Å². The van der Waals surface area contributed by atoms with Crippen molar-refractivity contribution in [2.45, 2.75) is 68.8 Å². The molecule has 2 bridgehead atoms. The molecule has 0 aromatic heterocycles. The lowest BCUT2D eigenvalue weighted by atomic mass is 9.50. The van der Waals surface area contributed by atoms with E-state index in [1.165, 1.54) is 0 Å². The quantitative estimate of drug-likeness (QED) is 0.417. The summed E-state index contributed by atoms with van der Waals surface area (Å²) >= 11 is 0. The van der Waals surface area contributed by atoms with Crippen LogP contribution in [-0.2, 0) is 35.7 Å². The summed E-state index contributed by atoms with van der Waals surface area (Å²) in [5, 5.41) is 21.6. The maximum atomic E-state index is 12.8. The van der Waals surface area contributed by atoms with Crippen LogP contribution in [0.4, 0.5) is 0 Å². The van der Waals surface area contributed by atoms with Crippen molar-refractivity contribution < 1.29 is 43.6 Å². The number of rotatable bonds is 7. The zero-order valence-corrected chi connectivity index (χ0v) is 20.4. The number of aliphatic hydroxyl groups is 1. The second-order valence-corrected chi connectivity index (χ2v) is 10.4. The van der Waals surface area contributed by atoms with Crippen LogP contribution in [0.25, 0.3) is 0 Å². The number of ether oxygens (including phenoxy) is 3. The fourth-order valence-electron chi connectivity index (χ4n) is 6.35. The van der Waals surface area contributed by atoms with E-state index in [0.717, 1.165) is 11.1 Å². The Labute approximate surface area is 207 Å². The average molecular weight is 500 g/mol. The smallest absolute Gasteiger partial charge is 0.345 e. The molecule has 5 atom stereocenters. The molecule has 1 spiro atoms. The highest BCUT2D eigenvalue weighted by atomic mass is 16.6. The van der Waals surface area contributed by atoms with Crippen molar-refractivity contribution in [2.75, 3.05) is 13.6 Å². The Morgan fingerprint density at radius 3 is 2.72 bits per heavy atom. The number of aldehydes is 1. The predicted octanol–water partition coefficient (Wildman–Crippen LogP) is 1.36. The van der Waals surface area contributed by atoms with E-state index in [1.807, 2.05) is 13.1 Å². The molecule has 1 aromatic rings. The lowest BCUT2D eigenvalue weighted by Gasteiger charge is -2.61. The fraction of sp³-hybridized carbons (Fsp3) is 0.538. The first-order valence-corrected chi connectivity index (χ1v) is 12.1. The van der Waals surface area contributed by atoms with Crippen molar-refractivity contribution in [1.29, 1.82) is 0 Å². The third kappa shape index (κ3) is 3.31. The van der Waals surface area contributed by atoms with Gasteiger partial charge in [0.15, 0.2) is 12.4 Å². The van der Waals surface area contributed by atoms with Crippen LogP contribution in [0, 0.1) is 5.92 Å². The van der Waals surface area contributed by atoms with Crippen molar-refractivity contribution in [2.24, 2.45) is 5.92 Å². The Balaban J connectivity index is 1.48. The van der Waals surface area contributed by atoms with Gasteiger partial charge in [-0.15, -0.1) is 0 Å². The maximum Gasteiger partial charge on any atom is 0.345 e. The molecule has 1 fully saturated rings. The fourth-order valence-corrected chi connectivity index (χ4v) is 6.35. The van der Waals surface area contributed by atoms with E-state index >= 15 is 0 Å². The molecule has 2 heterocycles. The van der Waals surface area contributed by atoms with Gasteiger partial charge in [-0.3, -0.25) is 14.4 Å². The van der Waals surface area contributed by atoms with Crippen LogP contribution in [0.1, 0.15) is 54.6 Å². The number of aliphatic carboxylic acids is 1. The van der Waals surface area contributed by atoms with E-state index in [0.29, 0.717) is 37.0 Å². The van der Waals surface area contributed by atoms with Gasteiger partial charge in [0.25, 0.3) is 0 Å². The van der Waals surface area contributed by atoms with Crippen molar-refractivity contribution in [3.05, 3.63) is 40.7 Å². The van der Waals surface area contributed by atoms with E-state index in [-0.39, 0.29) is 18.2 Å². The number of nitrogens with zero attached hydrogens (tertiary/aromatic N) is 1. The Hall–Kier alpha value is -3.24. The number of esters is 2. The van der Waals surface area contributed by atoms with Crippen LogP contribution < -0.4 is 4.74 Å². The lowest BCUT2D eigenvalue weighted by molar-refractivity contribution is -0.174. The van der Waals surface area contributed by atoms with Gasteiger partial charge in [-0.05, 0) is 44.1 Å². The number of carbonyl (C=O) groups is 4. The summed E-state index contributed by atoms with van der Waals surface area (Å²) in [6, 6.07) is 3.40. The van der Waals surface area contributed by atoms with Gasteiger partial charge in [-0.1, -0.05) is 19.9 Å². The standard InChI is InChI=1S/C26H29NO9/c1-13(2)24(32)35-17(23(30)31)11-19(29)34-16-6-7-26(33)18-10-14-4-5-15(12-28)21-20(14)25(26,22(16)36-21)8-9-27(18)3/h4-6,12-13,17-18,22,33H,7-11H2,1-3H3,(H,30,31)/t17-,18+,22-,25-,26+/m0/s1. The summed E-state index contributed by atoms with van der Waals surface area (Å²) in [6.45, 7) is 3.79. The number of benzene rings is 1. The second kappa shape index (κ2) is 8.41. The minimum Gasteiger partial charge on any atom is -0.480 e. The van der Waals surface area contributed by atoms with Gasteiger partial charge in [-0.2, -0.15) is 0 Å².